The van der Waals surface area contributed by atoms with Gasteiger partial charge in [0.25, 0.3) is 0 Å². The first-order valence-electron chi connectivity index (χ1n) is 7.98. The molecule has 0 aromatic heterocycles. The molecule has 0 spiro atoms. The Bertz CT molecular complexity index is 969. The first-order chi connectivity index (χ1) is 12.3. The molecule has 0 heterocycles. The van der Waals surface area contributed by atoms with Gasteiger partial charge in [-0.15, -0.1) is 0 Å². The Kier molecular flexibility index (Phi) is 5.85. The van der Waals surface area contributed by atoms with Gasteiger partial charge in [0, 0.05) is 14.5 Å². The van der Waals surface area contributed by atoms with Crippen LogP contribution in [0.4, 0.5) is 0 Å². The Morgan fingerprint density at radius 1 is 0.846 bits per heavy atom. The van der Waals surface area contributed by atoms with Crippen LogP contribution in [0.1, 0.15) is 18.1 Å². The molecular formula is C20H17Br2O3P. The number of rotatable bonds is 4. The zero-order valence-corrected chi connectivity index (χ0v) is 18.0. The van der Waals surface area contributed by atoms with Crippen LogP contribution in [-0.4, -0.2) is 9.79 Å². The standard InChI is InChI=1S/C20H17Br2O3P/c1-13(26(23,24)25)16-12-17(14-8-4-2-5-9-14)20(22)18(19(16)21)15-10-6-3-7-11-15/h2-13H,1H3,(H2,23,24,25). The predicted molar refractivity (Wildman–Crippen MR) is 113 cm³/mol. The van der Waals surface area contributed by atoms with Crippen molar-refractivity contribution in [1.82, 2.24) is 0 Å². The molecule has 3 aromatic rings. The third-order valence-corrected chi connectivity index (χ3v) is 7.30. The molecule has 0 aliphatic rings. The Labute approximate surface area is 169 Å². The van der Waals surface area contributed by atoms with Gasteiger partial charge in [-0.2, -0.15) is 0 Å². The van der Waals surface area contributed by atoms with Gasteiger partial charge in [0.2, 0.25) is 0 Å². The minimum absolute atomic E-state index is 0.583. The monoisotopic (exact) mass is 494 g/mol. The van der Waals surface area contributed by atoms with Crippen LogP contribution in [0, 0.1) is 0 Å². The molecule has 0 amide bonds. The average Bonchev–Trinajstić information content (AvgIpc) is 2.62. The van der Waals surface area contributed by atoms with Crippen LogP contribution in [0.5, 0.6) is 0 Å². The van der Waals surface area contributed by atoms with E-state index in [1.165, 1.54) is 0 Å². The highest BCUT2D eigenvalue weighted by atomic mass is 79.9. The molecule has 0 saturated carbocycles. The molecule has 0 bridgehead atoms. The fraction of sp³-hybridized carbons (Fsp3) is 0.100. The van der Waals surface area contributed by atoms with Gasteiger partial charge in [-0.3, -0.25) is 4.57 Å². The van der Waals surface area contributed by atoms with Crippen LogP contribution in [-0.2, 0) is 4.57 Å². The quantitative estimate of drug-likeness (QED) is 0.392. The Morgan fingerprint density at radius 2 is 1.35 bits per heavy atom. The van der Waals surface area contributed by atoms with Crippen LogP contribution in [0.3, 0.4) is 0 Å². The molecule has 3 aromatic carbocycles. The van der Waals surface area contributed by atoms with Crippen molar-refractivity contribution >= 4 is 39.5 Å². The summed E-state index contributed by atoms with van der Waals surface area (Å²) < 4.78 is 13.5. The normalized spacial score (nSPS) is 12.8. The lowest BCUT2D eigenvalue weighted by Gasteiger charge is -2.21. The molecule has 1 unspecified atom stereocenters. The van der Waals surface area contributed by atoms with E-state index in [1.807, 2.05) is 66.7 Å². The second kappa shape index (κ2) is 7.79. The first kappa shape index (κ1) is 19.5. The molecular weight excluding hydrogens is 479 g/mol. The van der Waals surface area contributed by atoms with Crippen LogP contribution in [0.2, 0.25) is 0 Å². The highest BCUT2D eigenvalue weighted by molar-refractivity contribution is 9.11. The van der Waals surface area contributed by atoms with E-state index in [0.29, 0.717) is 10.0 Å². The van der Waals surface area contributed by atoms with E-state index in [0.717, 1.165) is 26.7 Å². The maximum atomic E-state index is 11.9. The molecule has 3 rings (SSSR count). The van der Waals surface area contributed by atoms with Crippen LogP contribution in [0.25, 0.3) is 22.3 Å². The van der Waals surface area contributed by atoms with Gasteiger partial charge in [-0.05, 0) is 67.1 Å². The fourth-order valence-electron chi connectivity index (χ4n) is 2.83. The van der Waals surface area contributed by atoms with Gasteiger partial charge >= 0.3 is 7.60 Å². The van der Waals surface area contributed by atoms with E-state index >= 15 is 0 Å². The highest BCUT2D eigenvalue weighted by Gasteiger charge is 2.30. The fourth-order valence-corrected chi connectivity index (χ4v) is 5.49. The van der Waals surface area contributed by atoms with E-state index < -0.39 is 13.3 Å². The second-order valence-electron chi connectivity index (χ2n) is 6.01. The van der Waals surface area contributed by atoms with E-state index in [1.54, 1.807) is 6.92 Å². The van der Waals surface area contributed by atoms with Crippen LogP contribution >= 0.6 is 39.5 Å². The first-order valence-corrected chi connectivity index (χ1v) is 11.3. The summed E-state index contributed by atoms with van der Waals surface area (Å²) in [6.45, 7) is 1.55. The molecule has 2 N–H and O–H groups in total. The van der Waals surface area contributed by atoms with E-state index in [2.05, 4.69) is 31.9 Å². The number of halogens is 2. The second-order valence-corrected chi connectivity index (χ2v) is 9.55. The minimum Gasteiger partial charge on any atom is -0.324 e. The van der Waals surface area contributed by atoms with Gasteiger partial charge in [0.05, 0.1) is 5.66 Å². The summed E-state index contributed by atoms with van der Waals surface area (Å²) in [6.07, 6.45) is 0. The van der Waals surface area contributed by atoms with E-state index in [-0.39, 0.29) is 0 Å². The van der Waals surface area contributed by atoms with Crippen LogP contribution in [0.15, 0.2) is 75.7 Å². The van der Waals surface area contributed by atoms with Crippen molar-refractivity contribution in [1.29, 1.82) is 0 Å². The number of benzene rings is 3. The highest BCUT2D eigenvalue weighted by Crippen LogP contribution is 2.55. The number of hydrogen-bond acceptors (Lipinski definition) is 1. The van der Waals surface area contributed by atoms with Crippen molar-refractivity contribution in [3.05, 3.63) is 81.2 Å². The predicted octanol–water partition coefficient (Wildman–Crippen LogP) is 6.78. The smallest absolute Gasteiger partial charge is 0.324 e. The van der Waals surface area contributed by atoms with Crippen molar-refractivity contribution in [2.75, 3.05) is 0 Å². The lowest BCUT2D eigenvalue weighted by Crippen LogP contribution is -2.00. The van der Waals surface area contributed by atoms with Crippen LogP contribution < -0.4 is 0 Å². The molecule has 0 radical (unpaired) electrons. The van der Waals surface area contributed by atoms with Gasteiger partial charge in [-0.25, -0.2) is 0 Å². The Morgan fingerprint density at radius 3 is 1.85 bits per heavy atom. The minimum atomic E-state index is -4.29. The lowest BCUT2D eigenvalue weighted by atomic mass is 9.95. The largest absolute Gasteiger partial charge is 0.332 e. The molecule has 1 atom stereocenters. The summed E-state index contributed by atoms with van der Waals surface area (Å²) in [4.78, 5) is 19.5. The summed E-state index contributed by atoms with van der Waals surface area (Å²) in [5.74, 6) is 0. The van der Waals surface area contributed by atoms with E-state index in [4.69, 9.17) is 0 Å². The number of hydrogen-bond donors (Lipinski definition) is 2. The Hall–Kier alpha value is -1.23. The topological polar surface area (TPSA) is 57.5 Å². The molecule has 134 valence electrons. The van der Waals surface area contributed by atoms with Gasteiger partial charge < -0.3 is 9.79 Å². The molecule has 0 aliphatic heterocycles. The maximum absolute atomic E-state index is 11.9. The third kappa shape index (κ3) is 3.88. The summed E-state index contributed by atoms with van der Waals surface area (Å²) in [5.41, 5.74) is 3.37. The molecule has 0 fully saturated rings. The summed E-state index contributed by atoms with van der Waals surface area (Å²) >= 11 is 7.31. The van der Waals surface area contributed by atoms with Crippen molar-refractivity contribution in [2.24, 2.45) is 0 Å². The third-order valence-electron chi connectivity index (χ3n) is 4.33. The molecule has 0 aliphatic carbocycles. The molecule has 0 saturated heterocycles. The van der Waals surface area contributed by atoms with Crippen molar-refractivity contribution in [3.63, 3.8) is 0 Å². The SMILES string of the molecule is CC(c1cc(-c2ccccc2)c(Br)c(-c2ccccc2)c1Br)P(=O)(O)O. The van der Waals surface area contributed by atoms with Crippen molar-refractivity contribution in [3.8, 4) is 22.3 Å². The van der Waals surface area contributed by atoms with E-state index in [9.17, 15) is 14.4 Å². The summed E-state index contributed by atoms with van der Waals surface area (Å²) in [5, 5.41) is 0. The summed E-state index contributed by atoms with van der Waals surface area (Å²) in [7, 11) is -4.29. The molecule has 3 nitrogen and oxygen atoms in total. The molecule has 26 heavy (non-hydrogen) atoms. The van der Waals surface area contributed by atoms with Gasteiger partial charge in [0.15, 0.2) is 0 Å². The molecule has 6 heteroatoms. The van der Waals surface area contributed by atoms with Gasteiger partial charge in [-0.1, -0.05) is 60.7 Å². The lowest BCUT2D eigenvalue weighted by molar-refractivity contribution is 0.361. The Balaban J connectivity index is 2.35. The average molecular weight is 496 g/mol. The maximum Gasteiger partial charge on any atom is 0.332 e. The zero-order chi connectivity index (χ0) is 18.9. The zero-order valence-electron chi connectivity index (χ0n) is 13.9. The van der Waals surface area contributed by atoms with Gasteiger partial charge in [0.1, 0.15) is 0 Å². The van der Waals surface area contributed by atoms with Crippen molar-refractivity contribution in [2.45, 2.75) is 12.6 Å². The summed E-state index contributed by atoms with van der Waals surface area (Å²) in [6, 6.07) is 21.4. The van der Waals surface area contributed by atoms with Crippen molar-refractivity contribution < 1.29 is 14.4 Å².